The van der Waals surface area contributed by atoms with Gasteiger partial charge in [-0.25, -0.2) is 4.79 Å². The molecular formula is C18H24N3O5S+. The zero-order valence-electron chi connectivity index (χ0n) is 15.8. The standard InChI is InChI=1S/C18H23N3O5S/c1-5-25-18(24)14-11(2)15(16(23)19-3)27-17(14)20-13(22)10-21(4)9-12-7-6-8-26-12/h6-8H,5,9-10H2,1-4H3,(H,19,23)(H,20,22)/p+1. The minimum absolute atomic E-state index is 0.176. The minimum Gasteiger partial charge on any atom is -0.463 e. The number of esters is 1. The Morgan fingerprint density at radius 2 is 2.07 bits per heavy atom. The number of hydrogen-bond donors (Lipinski definition) is 3. The molecule has 1 unspecified atom stereocenters. The van der Waals surface area contributed by atoms with E-state index in [4.69, 9.17) is 9.15 Å². The summed E-state index contributed by atoms with van der Waals surface area (Å²) in [6.45, 7) is 4.29. The van der Waals surface area contributed by atoms with Gasteiger partial charge in [0.2, 0.25) is 0 Å². The van der Waals surface area contributed by atoms with Crippen LogP contribution in [0, 0.1) is 6.92 Å². The Morgan fingerprint density at radius 1 is 1.33 bits per heavy atom. The maximum atomic E-state index is 12.4. The third kappa shape index (κ3) is 5.18. The number of nitrogens with one attached hydrogen (secondary N) is 3. The Labute approximate surface area is 161 Å². The fraction of sp³-hybridized carbons (Fsp3) is 0.389. The molecule has 9 heteroatoms. The monoisotopic (exact) mass is 394 g/mol. The number of furan rings is 1. The van der Waals surface area contributed by atoms with Crippen molar-refractivity contribution < 1.29 is 28.4 Å². The number of anilines is 1. The van der Waals surface area contributed by atoms with Crippen molar-refractivity contribution in [3.05, 3.63) is 40.2 Å². The average molecular weight is 394 g/mol. The summed E-state index contributed by atoms with van der Waals surface area (Å²) >= 11 is 1.06. The van der Waals surface area contributed by atoms with Crippen LogP contribution in [0.3, 0.4) is 0 Å². The fourth-order valence-corrected chi connectivity index (χ4v) is 3.76. The van der Waals surface area contributed by atoms with E-state index >= 15 is 0 Å². The van der Waals surface area contributed by atoms with Crippen molar-refractivity contribution in [2.75, 3.05) is 32.6 Å². The molecule has 0 saturated carbocycles. The smallest absolute Gasteiger partial charge is 0.341 e. The first-order valence-electron chi connectivity index (χ1n) is 8.53. The van der Waals surface area contributed by atoms with Crippen LogP contribution in [-0.2, 0) is 16.1 Å². The Hall–Kier alpha value is -2.65. The Balaban J connectivity index is 2.16. The summed E-state index contributed by atoms with van der Waals surface area (Å²) in [5.74, 6) is -0.368. The van der Waals surface area contributed by atoms with Gasteiger partial charge in [0, 0.05) is 7.05 Å². The van der Waals surface area contributed by atoms with Gasteiger partial charge in [-0.3, -0.25) is 9.59 Å². The molecule has 0 aliphatic carbocycles. The summed E-state index contributed by atoms with van der Waals surface area (Å²) in [5.41, 5.74) is 0.710. The summed E-state index contributed by atoms with van der Waals surface area (Å²) in [7, 11) is 3.38. The predicted octanol–water partition coefficient (Wildman–Crippen LogP) is 0.839. The van der Waals surface area contributed by atoms with Crippen LogP contribution in [0.4, 0.5) is 5.00 Å². The van der Waals surface area contributed by atoms with Crippen LogP contribution in [0.25, 0.3) is 0 Å². The van der Waals surface area contributed by atoms with E-state index in [9.17, 15) is 14.4 Å². The van der Waals surface area contributed by atoms with Crippen molar-refractivity contribution in [1.29, 1.82) is 0 Å². The first-order valence-corrected chi connectivity index (χ1v) is 9.35. The quantitative estimate of drug-likeness (QED) is 0.576. The minimum atomic E-state index is -0.562. The largest absolute Gasteiger partial charge is 0.463 e. The number of likely N-dealkylation sites (N-methyl/N-ethyl adjacent to an activating group) is 1. The number of ether oxygens (including phenoxy) is 1. The summed E-state index contributed by atoms with van der Waals surface area (Å²) in [4.78, 5) is 38.1. The lowest BCUT2D eigenvalue weighted by Gasteiger charge is -2.12. The van der Waals surface area contributed by atoms with Gasteiger partial charge < -0.3 is 24.7 Å². The molecule has 0 aliphatic rings. The number of quaternary nitrogens is 1. The Kier molecular flexibility index (Phi) is 7.14. The Morgan fingerprint density at radius 3 is 2.67 bits per heavy atom. The highest BCUT2D eigenvalue weighted by Gasteiger charge is 2.26. The van der Waals surface area contributed by atoms with Gasteiger partial charge in [0.05, 0.1) is 30.4 Å². The molecule has 2 heterocycles. The Bertz CT molecular complexity index is 813. The third-order valence-electron chi connectivity index (χ3n) is 3.83. The summed E-state index contributed by atoms with van der Waals surface area (Å²) < 4.78 is 10.4. The lowest BCUT2D eigenvalue weighted by molar-refractivity contribution is -0.886. The van der Waals surface area contributed by atoms with Crippen molar-refractivity contribution in [3.8, 4) is 0 Å². The van der Waals surface area contributed by atoms with Gasteiger partial charge in [0.15, 0.2) is 12.3 Å². The van der Waals surface area contributed by atoms with E-state index in [2.05, 4.69) is 10.6 Å². The molecule has 8 nitrogen and oxygen atoms in total. The molecule has 0 bridgehead atoms. The molecule has 2 amide bonds. The van der Waals surface area contributed by atoms with E-state index < -0.39 is 5.97 Å². The second kappa shape index (κ2) is 9.33. The number of carbonyl (C=O) groups excluding carboxylic acids is 3. The van der Waals surface area contributed by atoms with Gasteiger partial charge >= 0.3 is 5.97 Å². The normalized spacial score (nSPS) is 11.7. The molecule has 0 saturated heterocycles. The molecule has 0 spiro atoms. The molecule has 1 atom stereocenters. The van der Waals surface area contributed by atoms with E-state index in [0.717, 1.165) is 22.0 Å². The van der Waals surface area contributed by atoms with Crippen LogP contribution < -0.4 is 15.5 Å². The van der Waals surface area contributed by atoms with Gasteiger partial charge in [0.1, 0.15) is 11.5 Å². The molecule has 3 N–H and O–H groups in total. The fourth-order valence-electron chi connectivity index (χ4n) is 2.60. The number of hydrogen-bond acceptors (Lipinski definition) is 6. The van der Waals surface area contributed by atoms with Crippen molar-refractivity contribution in [2.45, 2.75) is 20.4 Å². The molecular weight excluding hydrogens is 370 g/mol. The molecule has 27 heavy (non-hydrogen) atoms. The van der Waals surface area contributed by atoms with E-state index in [1.807, 2.05) is 13.1 Å². The summed E-state index contributed by atoms with van der Waals surface area (Å²) in [5, 5.41) is 5.60. The zero-order valence-corrected chi connectivity index (χ0v) is 16.6. The van der Waals surface area contributed by atoms with Crippen molar-refractivity contribution in [2.24, 2.45) is 0 Å². The predicted molar refractivity (Wildman–Crippen MR) is 101 cm³/mol. The highest BCUT2D eigenvalue weighted by Crippen LogP contribution is 2.33. The maximum absolute atomic E-state index is 12.4. The first-order chi connectivity index (χ1) is 12.9. The molecule has 2 rings (SSSR count). The van der Waals surface area contributed by atoms with Gasteiger partial charge in [0.25, 0.3) is 11.8 Å². The summed E-state index contributed by atoms with van der Waals surface area (Å²) in [6.07, 6.45) is 1.59. The molecule has 0 fully saturated rings. The topological polar surface area (TPSA) is 102 Å². The van der Waals surface area contributed by atoms with E-state index in [-0.39, 0.29) is 30.5 Å². The van der Waals surface area contributed by atoms with Crippen LogP contribution >= 0.6 is 11.3 Å². The third-order valence-corrected chi connectivity index (χ3v) is 5.04. The molecule has 2 aromatic rings. The van der Waals surface area contributed by atoms with Crippen LogP contribution in [0.15, 0.2) is 22.8 Å². The highest BCUT2D eigenvalue weighted by atomic mass is 32.1. The first kappa shape index (κ1) is 20.7. The zero-order chi connectivity index (χ0) is 20.0. The number of carbonyl (C=O) groups is 3. The van der Waals surface area contributed by atoms with Crippen LogP contribution in [-0.4, -0.2) is 45.0 Å². The van der Waals surface area contributed by atoms with Gasteiger partial charge in [-0.2, -0.15) is 0 Å². The van der Waals surface area contributed by atoms with Crippen molar-refractivity contribution >= 4 is 34.1 Å². The SMILES string of the molecule is CCOC(=O)c1c(NC(=O)C[NH+](C)Cc2ccco2)sc(C(=O)NC)c1C. The van der Waals surface area contributed by atoms with Crippen LogP contribution in [0.1, 0.15) is 38.3 Å². The van der Waals surface area contributed by atoms with Gasteiger partial charge in [-0.05, 0) is 31.5 Å². The van der Waals surface area contributed by atoms with Gasteiger partial charge in [-0.15, -0.1) is 11.3 Å². The van der Waals surface area contributed by atoms with E-state index in [1.165, 1.54) is 7.05 Å². The van der Waals surface area contributed by atoms with Crippen molar-refractivity contribution in [3.63, 3.8) is 0 Å². The molecule has 2 aromatic heterocycles. The maximum Gasteiger partial charge on any atom is 0.341 e. The van der Waals surface area contributed by atoms with Gasteiger partial charge in [-0.1, -0.05) is 0 Å². The number of rotatable bonds is 8. The lowest BCUT2D eigenvalue weighted by atomic mass is 10.1. The van der Waals surface area contributed by atoms with Crippen LogP contribution in [0.2, 0.25) is 0 Å². The second-order valence-electron chi connectivity index (χ2n) is 6.00. The molecule has 146 valence electrons. The number of amides is 2. The summed E-state index contributed by atoms with van der Waals surface area (Å²) in [6, 6.07) is 3.64. The molecule has 0 aliphatic heterocycles. The van der Waals surface area contributed by atoms with Crippen molar-refractivity contribution in [1.82, 2.24) is 5.32 Å². The molecule has 0 aromatic carbocycles. The van der Waals surface area contributed by atoms with Crippen LogP contribution in [0.5, 0.6) is 0 Å². The average Bonchev–Trinajstić information content (AvgIpc) is 3.22. The second-order valence-corrected chi connectivity index (χ2v) is 7.02. The number of thiophene rings is 1. The van der Waals surface area contributed by atoms with E-state index in [1.54, 1.807) is 26.2 Å². The van der Waals surface area contributed by atoms with E-state index in [0.29, 0.717) is 22.0 Å². The lowest BCUT2D eigenvalue weighted by Crippen LogP contribution is -3.08. The molecule has 0 radical (unpaired) electrons. The highest BCUT2D eigenvalue weighted by molar-refractivity contribution is 7.18.